The molecule has 0 aliphatic carbocycles. The van der Waals surface area contributed by atoms with Gasteiger partial charge in [0.1, 0.15) is 5.76 Å². The van der Waals surface area contributed by atoms with Gasteiger partial charge in [0, 0.05) is 13.0 Å². The second-order valence-corrected chi connectivity index (χ2v) is 6.41. The van der Waals surface area contributed by atoms with E-state index in [4.69, 9.17) is 4.42 Å². The second kappa shape index (κ2) is 7.61. The van der Waals surface area contributed by atoms with Gasteiger partial charge in [-0.15, -0.1) is 0 Å². The van der Waals surface area contributed by atoms with E-state index in [0.717, 1.165) is 46.5 Å². The summed E-state index contributed by atoms with van der Waals surface area (Å²) in [5.74, 6) is 0.942. The lowest BCUT2D eigenvalue weighted by molar-refractivity contribution is 0.398. The van der Waals surface area contributed by atoms with Crippen LogP contribution in [0.2, 0.25) is 0 Å². The Kier molecular flexibility index (Phi) is 6.08. The molecule has 116 valence electrons. The predicted octanol–water partition coefficient (Wildman–Crippen LogP) is 4.48. The highest BCUT2D eigenvalue weighted by molar-refractivity contribution is 9.10. The van der Waals surface area contributed by atoms with Crippen LogP contribution in [0.15, 0.2) is 25.7 Å². The van der Waals surface area contributed by atoms with Crippen molar-refractivity contribution in [2.45, 2.75) is 46.2 Å². The van der Waals surface area contributed by atoms with Gasteiger partial charge < -0.3 is 9.73 Å². The molecular formula is C15H21Br2N3O. The Morgan fingerprint density at radius 1 is 1.29 bits per heavy atom. The molecule has 4 nitrogen and oxygen atoms in total. The first-order valence-corrected chi connectivity index (χ1v) is 8.91. The molecule has 1 atom stereocenters. The lowest BCUT2D eigenvalue weighted by Gasteiger charge is -2.16. The van der Waals surface area contributed by atoms with E-state index in [1.807, 2.05) is 12.1 Å². The zero-order chi connectivity index (χ0) is 15.4. The first-order chi connectivity index (χ1) is 10.1. The van der Waals surface area contributed by atoms with Crippen molar-refractivity contribution in [1.82, 2.24) is 15.1 Å². The van der Waals surface area contributed by atoms with Gasteiger partial charge in [-0.25, -0.2) is 0 Å². The first-order valence-electron chi connectivity index (χ1n) is 7.33. The van der Waals surface area contributed by atoms with E-state index >= 15 is 0 Å². The van der Waals surface area contributed by atoms with Crippen LogP contribution in [-0.4, -0.2) is 16.3 Å². The summed E-state index contributed by atoms with van der Waals surface area (Å²) in [6, 6.07) is 4.09. The monoisotopic (exact) mass is 417 g/mol. The number of hydrogen-bond acceptors (Lipinski definition) is 3. The molecule has 1 unspecified atom stereocenters. The van der Waals surface area contributed by atoms with Crippen LogP contribution in [-0.2, 0) is 19.4 Å². The third kappa shape index (κ3) is 3.79. The van der Waals surface area contributed by atoms with Gasteiger partial charge in [-0.2, -0.15) is 5.10 Å². The molecule has 6 heteroatoms. The number of halogens is 2. The Hall–Kier alpha value is -0.590. The maximum absolute atomic E-state index is 5.73. The topological polar surface area (TPSA) is 43.0 Å². The summed E-state index contributed by atoms with van der Waals surface area (Å²) >= 11 is 7.08. The number of aromatic nitrogens is 2. The average Bonchev–Trinajstić information content (AvgIpc) is 3.03. The Morgan fingerprint density at radius 3 is 2.57 bits per heavy atom. The molecule has 1 N–H and O–H groups in total. The van der Waals surface area contributed by atoms with Crippen molar-refractivity contribution in [3.63, 3.8) is 0 Å². The minimum Gasteiger partial charge on any atom is -0.453 e. The highest BCUT2D eigenvalue weighted by Gasteiger charge is 2.21. The van der Waals surface area contributed by atoms with E-state index in [0.29, 0.717) is 0 Å². The van der Waals surface area contributed by atoms with Crippen molar-refractivity contribution >= 4 is 31.9 Å². The molecule has 0 aliphatic rings. The van der Waals surface area contributed by atoms with E-state index in [1.54, 1.807) is 0 Å². The molecule has 0 fully saturated rings. The lowest BCUT2D eigenvalue weighted by atomic mass is 10.1. The van der Waals surface area contributed by atoms with E-state index in [2.05, 4.69) is 67.7 Å². The van der Waals surface area contributed by atoms with Gasteiger partial charge >= 0.3 is 0 Å². The average molecular weight is 419 g/mol. The van der Waals surface area contributed by atoms with Crippen LogP contribution in [0.4, 0.5) is 0 Å². The highest BCUT2D eigenvalue weighted by Crippen LogP contribution is 2.29. The minimum absolute atomic E-state index is 0.143. The lowest BCUT2D eigenvalue weighted by Crippen LogP contribution is -2.23. The van der Waals surface area contributed by atoms with E-state index in [1.165, 1.54) is 5.69 Å². The predicted molar refractivity (Wildman–Crippen MR) is 91.5 cm³/mol. The van der Waals surface area contributed by atoms with Crippen molar-refractivity contribution in [3.8, 4) is 0 Å². The summed E-state index contributed by atoms with van der Waals surface area (Å²) in [5.41, 5.74) is 2.33. The van der Waals surface area contributed by atoms with Gasteiger partial charge in [0.05, 0.1) is 21.9 Å². The number of aryl methyl sites for hydroxylation is 2. The van der Waals surface area contributed by atoms with Crippen LogP contribution in [0, 0.1) is 0 Å². The third-order valence-corrected chi connectivity index (χ3v) is 4.82. The van der Waals surface area contributed by atoms with Crippen LogP contribution in [0.3, 0.4) is 0 Å². The molecule has 2 aromatic heterocycles. The van der Waals surface area contributed by atoms with Gasteiger partial charge in [-0.05, 0) is 63.9 Å². The van der Waals surface area contributed by atoms with Crippen LogP contribution in [0.25, 0.3) is 0 Å². The molecular weight excluding hydrogens is 398 g/mol. The molecule has 0 bridgehead atoms. The van der Waals surface area contributed by atoms with E-state index in [9.17, 15) is 0 Å². The fourth-order valence-electron chi connectivity index (χ4n) is 2.44. The molecule has 0 radical (unpaired) electrons. The van der Waals surface area contributed by atoms with Gasteiger partial charge in [-0.3, -0.25) is 4.68 Å². The van der Waals surface area contributed by atoms with E-state index < -0.39 is 0 Å². The molecule has 2 heterocycles. The molecule has 2 aromatic rings. The number of rotatable bonds is 7. The van der Waals surface area contributed by atoms with Crippen molar-refractivity contribution in [3.05, 3.63) is 38.4 Å². The second-order valence-electron chi connectivity index (χ2n) is 4.83. The van der Waals surface area contributed by atoms with Crippen LogP contribution >= 0.6 is 31.9 Å². The zero-order valence-electron chi connectivity index (χ0n) is 12.6. The number of nitrogens with zero attached hydrogens (tertiary/aromatic N) is 2. The van der Waals surface area contributed by atoms with Gasteiger partial charge in [-0.1, -0.05) is 13.8 Å². The van der Waals surface area contributed by atoms with Crippen molar-refractivity contribution in [1.29, 1.82) is 0 Å². The van der Waals surface area contributed by atoms with Crippen molar-refractivity contribution in [2.75, 3.05) is 6.54 Å². The van der Waals surface area contributed by atoms with Gasteiger partial charge in [0.2, 0.25) is 0 Å². The molecule has 21 heavy (non-hydrogen) atoms. The number of nitrogens with one attached hydrogen (secondary N) is 1. The summed E-state index contributed by atoms with van der Waals surface area (Å²) in [6.07, 6.45) is 1.77. The Labute approximate surface area is 142 Å². The Bertz CT molecular complexity index is 592. The SMILES string of the molecule is CCNC(Cc1c(Br)c(CC)nn1CC)c1ccc(Br)o1. The Morgan fingerprint density at radius 2 is 2.05 bits per heavy atom. The zero-order valence-corrected chi connectivity index (χ0v) is 15.8. The maximum Gasteiger partial charge on any atom is 0.169 e. The number of likely N-dealkylation sites (N-methyl/N-ethyl adjacent to an activating group) is 1. The van der Waals surface area contributed by atoms with Crippen LogP contribution in [0.1, 0.15) is 44.0 Å². The third-order valence-electron chi connectivity index (χ3n) is 3.48. The molecule has 0 amide bonds. The normalized spacial score (nSPS) is 12.8. The molecule has 0 aliphatic heterocycles. The quantitative estimate of drug-likeness (QED) is 0.720. The van der Waals surface area contributed by atoms with Gasteiger partial charge in [0.25, 0.3) is 0 Å². The molecule has 2 rings (SSSR count). The summed E-state index contributed by atoms with van der Waals surface area (Å²) in [4.78, 5) is 0. The molecule has 0 saturated carbocycles. The first kappa shape index (κ1) is 16.8. The smallest absolute Gasteiger partial charge is 0.169 e. The molecule has 0 saturated heterocycles. The summed E-state index contributed by atoms with van der Waals surface area (Å²) in [6.45, 7) is 8.11. The Balaban J connectivity index is 2.30. The largest absolute Gasteiger partial charge is 0.453 e. The summed E-state index contributed by atoms with van der Waals surface area (Å²) in [5, 5.41) is 8.15. The minimum atomic E-state index is 0.143. The van der Waals surface area contributed by atoms with E-state index in [-0.39, 0.29) is 6.04 Å². The van der Waals surface area contributed by atoms with Crippen molar-refractivity contribution in [2.24, 2.45) is 0 Å². The van der Waals surface area contributed by atoms with Gasteiger partial charge in [0.15, 0.2) is 4.67 Å². The fourth-order valence-corrected chi connectivity index (χ4v) is 3.49. The number of furan rings is 1. The standard InChI is InChI=1S/C15H21Br2N3O/c1-4-10-15(17)12(20(6-3)19-10)9-11(18-5-2)13-7-8-14(16)21-13/h7-8,11,18H,4-6,9H2,1-3H3. The summed E-state index contributed by atoms with van der Waals surface area (Å²) in [7, 11) is 0. The van der Waals surface area contributed by atoms with Crippen LogP contribution < -0.4 is 5.32 Å². The number of hydrogen-bond donors (Lipinski definition) is 1. The van der Waals surface area contributed by atoms with Crippen LogP contribution in [0.5, 0.6) is 0 Å². The summed E-state index contributed by atoms with van der Waals surface area (Å²) < 4.78 is 9.69. The highest BCUT2D eigenvalue weighted by atomic mass is 79.9. The maximum atomic E-state index is 5.73. The van der Waals surface area contributed by atoms with Crippen molar-refractivity contribution < 1.29 is 4.42 Å². The molecule has 0 aromatic carbocycles. The fraction of sp³-hybridized carbons (Fsp3) is 0.533. The molecule has 0 spiro atoms.